The van der Waals surface area contributed by atoms with Gasteiger partial charge in [-0.2, -0.15) is 5.10 Å². The second kappa shape index (κ2) is 6.55. The van der Waals surface area contributed by atoms with Crippen molar-refractivity contribution in [1.29, 1.82) is 0 Å². The fraction of sp³-hybridized carbons (Fsp3) is 0.238. The van der Waals surface area contributed by atoms with Crippen LogP contribution in [0, 0.1) is 6.92 Å². The first kappa shape index (κ1) is 15.6. The van der Waals surface area contributed by atoms with E-state index >= 15 is 0 Å². The van der Waals surface area contributed by atoms with Gasteiger partial charge in [0.05, 0.1) is 11.4 Å². The molecular weight excluding hydrogens is 310 g/mol. The van der Waals surface area contributed by atoms with Crippen LogP contribution in [0.5, 0.6) is 0 Å². The van der Waals surface area contributed by atoms with Gasteiger partial charge in [0.15, 0.2) is 0 Å². The van der Waals surface area contributed by atoms with E-state index in [0.29, 0.717) is 5.69 Å². The van der Waals surface area contributed by atoms with Crippen LogP contribution in [-0.2, 0) is 0 Å². The Bertz CT molecular complexity index is 893. The van der Waals surface area contributed by atoms with E-state index in [-0.39, 0.29) is 5.91 Å². The number of nitrogens with zero attached hydrogens (tertiary/aromatic N) is 3. The van der Waals surface area contributed by atoms with Crippen molar-refractivity contribution < 1.29 is 4.79 Å². The van der Waals surface area contributed by atoms with E-state index < -0.39 is 0 Å². The molecule has 3 aromatic rings. The molecule has 2 aromatic carbocycles. The van der Waals surface area contributed by atoms with Crippen LogP contribution in [0.15, 0.2) is 60.7 Å². The van der Waals surface area contributed by atoms with Crippen LogP contribution >= 0.6 is 0 Å². The molecule has 0 saturated carbocycles. The van der Waals surface area contributed by atoms with Gasteiger partial charge in [-0.1, -0.05) is 42.5 Å². The number of aromatic nitrogens is 2. The molecule has 0 radical (unpaired) electrons. The highest BCUT2D eigenvalue weighted by Crippen LogP contribution is 2.24. The maximum atomic E-state index is 13.0. The average molecular weight is 331 g/mol. The van der Waals surface area contributed by atoms with Crippen molar-refractivity contribution in [2.45, 2.75) is 19.8 Å². The molecule has 1 aromatic heterocycles. The topological polar surface area (TPSA) is 38.1 Å². The number of likely N-dealkylation sites (tertiary alicyclic amines) is 1. The van der Waals surface area contributed by atoms with Gasteiger partial charge in [-0.25, -0.2) is 4.68 Å². The predicted molar refractivity (Wildman–Crippen MR) is 98.9 cm³/mol. The Hall–Kier alpha value is -2.88. The van der Waals surface area contributed by atoms with Crippen LogP contribution in [0.3, 0.4) is 0 Å². The summed E-state index contributed by atoms with van der Waals surface area (Å²) in [7, 11) is 0. The van der Waals surface area contributed by atoms with Crippen LogP contribution in [0.1, 0.15) is 28.9 Å². The molecule has 0 atom stereocenters. The summed E-state index contributed by atoms with van der Waals surface area (Å²) >= 11 is 0. The van der Waals surface area contributed by atoms with Crippen molar-refractivity contribution in [1.82, 2.24) is 14.7 Å². The van der Waals surface area contributed by atoms with E-state index in [0.717, 1.165) is 48.4 Å². The minimum atomic E-state index is 0.0636. The van der Waals surface area contributed by atoms with Crippen molar-refractivity contribution in [3.8, 4) is 16.9 Å². The molecule has 4 nitrogen and oxygen atoms in total. The monoisotopic (exact) mass is 331 g/mol. The molecule has 1 aliphatic rings. The molecule has 0 aliphatic carbocycles. The zero-order valence-electron chi connectivity index (χ0n) is 14.4. The van der Waals surface area contributed by atoms with Gasteiger partial charge < -0.3 is 4.90 Å². The number of hydrogen-bond acceptors (Lipinski definition) is 2. The summed E-state index contributed by atoms with van der Waals surface area (Å²) in [5, 5.41) is 4.75. The molecule has 0 N–H and O–H groups in total. The summed E-state index contributed by atoms with van der Waals surface area (Å²) in [6.07, 6.45) is 2.16. The molecule has 0 bridgehead atoms. The Morgan fingerprint density at radius 2 is 1.72 bits per heavy atom. The van der Waals surface area contributed by atoms with Crippen LogP contribution in [0.2, 0.25) is 0 Å². The molecular formula is C21H21N3O. The molecule has 126 valence electrons. The number of carbonyl (C=O) groups is 1. The minimum absolute atomic E-state index is 0.0636. The number of rotatable bonds is 3. The standard InChI is InChI=1S/C21H21N3O/c1-16-8-7-11-18(14-16)24-20(21(25)23-12-5-6-13-23)15-19(22-24)17-9-3-2-4-10-17/h2-4,7-11,14-15H,5-6,12-13H2,1H3. The highest BCUT2D eigenvalue weighted by molar-refractivity contribution is 5.94. The van der Waals surface area contributed by atoms with Gasteiger partial charge in [0.1, 0.15) is 5.69 Å². The van der Waals surface area contributed by atoms with Gasteiger partial charge in [-0.3, -0.25) is 4.79 Å². The number of hydrogen-bond donors (Lipinski definition) is 0. The summed E-state index contributed by atoms with van der Waals surface area (Å²) in [5.41, 5.74) is 4.54. The summed E-state index contributed by atoms with van der Waals surface area (Å²) < 4.78 is 1.79. The Morgan fingerprint density at radius 1 is 0.960 bits per heavy atom. The number of benzene rings is 2. The molecule has 25 heavy (non-hydrogen) atoms. The van der Waals surface area contributed by atoms with E-state index in [4.69, 9.17) is 5.10 Å². The first-order valence-electron chi connectivity index (χ1n) is 8.74. The van der Waals surface area contributed by atoms with Gasteiger partial charge >= 0.3 is 0 Å². The number of amides is 1. The summed E-state index contributed by atoms with van der Waals surface area (Å²) in [4.78, 5) is 15.0. The molecule has 1 amide bonds. The molecule has 1 fully saturated rings. The van der Waals surface area contributed by atoms with Gasteiger partial charge in [0, 0.05) is 18.7 Å². The molecule has 1 aliphatic heterocycles. The van der Waals surface area contributed by atoms with Gasteiger partial charge in [0.2, 0.25) is 0 Å². The minimum Gasteiger partial charge on any atom is -0.337 e. The third-order valence-corrected chi connectivity index (χ3v) is 4.64. The third-order valence-electron chi connectivity index (χ3n) is 4.64. The van der Waals surface area contributed by atoms with Crippen LogP contribution < -0.4 is 0 Å². The summed E-state index contributed by atoms with van der Waals surface area (Å²) in [6.45, 7) is 3.71. The maximum absolute atomic E-state index is 13.0. The van der Waals surface area contributed by atoms with Crippen molar-refractivity contribution >= 4 is 5.91 Å². The second-order valence-corrected chi connectivity index (χ2v) is 6.53. The molecule has 2 heterocycles. The first-order chi connectivity index (χ1) is 12.2. The summed E-state index contributed by atoms with van der Waals surface area (Å²) in [6, 6.07) is 20.0. The maximum Gasteiger partial charge on any atom is 0.272 e. The van der Waals surface area contributed by atoms with E-state index in [1.807, 2.05) is 66.4 Å². The molecule has 0 spiro atoms. The van der Waals surface area contributed by atoms with Gasteiger partial charge in [0.25, 0.3) is 5.91 Å². The highest BCUT2D eigenvalue weighted by Gasteiger charge is 2.24. The van der Waals surface area contributed by atoms with E-state index in [1.54, 1.807) is 4.68 Å². The molecule has 1 saturated heterocycles. The largest absolute Gasteiger partial charge is 0.337 e. The first-order valence-corrected chi connectivity index (χ1v) is 8.74. The quantitative estimate of drug-likeness (QED) is 0.725. The predicted octanol–water partition coefficient (Wildman–Crippen LogP) is 4.08. The van der Waals surface area contributed by atoms with Crippen LogP contribution in [0.4, 0.5) is 0 Å². The van der Waals surface area contributed by atoms with E-state index in [1.165, 1.54) is 0 Å². The third kappa shape index (κ3) is 3.07. The lowest BCUT2D eigenvalue weighted by Crippen LogP contribution is -2.29. The zero-order valence-corrected chi connectivity index (χ0v) is 14.4. The Balaban J connectivity index is 1.82. The Kier molecular flexibility index (Phi) is 4.10. The second-order valence-electron chi connectivity index (χ2n) is 6.53. The lowest BCUT2D eigenvalue weighted by atomic mass is 10.1. The summed E-state index contributed by atoms with van der Waals surface area (Å²) in [5.74, 6) is 0.0636. The SMILES string of the molecule is Cc1cccc(-n2nc(-c3ccccc3)cc2C(=O)N2CCCC2)c1. The molecule has 4 heteroatoms. The van der Waals surface area contributed by atoms with E-state index in [2.05, 4.69) is 6.07 Å². The van der Waals surface area contributed by atoms with Crippen molar-refractivity contribution in [2.24, 2.45) is 0 Å². The Morgan fingerprint density at radius 3 is 2.44 bits per heavy atom. The normalized spacial score (nSPS) is 14.0. The van der Waals surface area contributed by atoms with Crippen molar-refractivity contribution in [3.05, 3.63) is 71.9 Å². The fourth-order valence-corrected chi connectivity index (χ4v) is 3.32. The number of aryl methyl sites for hydroxylation is 1. The van der Waals surface area contributed by atoms with Crippen LogP contribution in [-0.4, -0.2) is 33.7 Å². The lowest BCUT2D eigenvalue weighted by Gasteiger charge is -2.16. The lowest BCUT2D eigenvalue weighted by molar-refractivity contribution is 0.0784. The van der Waals surface area contributed by atoms with Crippen LogP contribution in [0.25, 0.3) is 16.9 Å². The number of carbonyl (C=O) groups excluding carboxylic acids is 1. The van der Waals surface area contributed by atoms with Crippen molar-refractivity contribution in [3.63, 3.8) is 0 Å². The fourth-order valence-electron chi connectivity index (χ4n) is 3.32. The Labute approximate surface area is 147 Å². The smallest absolute Gasteiger partial charge is 0.272 e. The average Bonchev–Trinajstić information content (AvgIpc) is 3.32. The van der Waals surface area contributed by atoms with E-state index in [9.17, 15) is 4.79 Å². The molecule has 0 unspecified atom stereocenters. The zero-order chi connectivity index (χ0) is 17.2. The van der Waals surface area contributed by atoms with Gasteiger partial charge in [-0.05, 0) is 43.5 Å². The van der Waals surface area contributed by atoms with Crippen molar-refractivity contribution in [2.75, 3.05) is 13.1 Å². The highest BCUT2D eigenvalue weighted by atomic mass is 16.2. The van der Waals surface area contributed by atoms with Gasteiger partial charge in [-0.15, -0.1) is 0 Å². The molecule has 4 rings (SSSR count).